The van der Waals surface area contributed by atoms with Crippen LogP contribution in [0.4, 0.5) is 0 Å². The van der Waals surface area contributed by atoms with Gasteiger partial charge < -0.3 is 14.4 Å². The van der Waals surface area contributed by atoms with Gasteiger partial charge in [-0.2, -0.15) is 0 Å². The highest BCUT2D eigenvalue weighted by atomic mass is 35.5. The Labute approximate surface area is 223 Å². The maximum atomic E-state index is 14.1. The third-order valence-electron chi connectivity index (χ3n) is 7.25. The lowest BCUT2D eigenvalue weighted by Gasteiger charge is -2.49. The van der Waals surface area contributed by atoms with E-state index in [9.17, 15) is 4.79 Å². The van der Waals surface area contributed by atoms with Crippen molar-refractivity contribution < 1.29 is 14.3 Å². The minimum Gasteiger partial charge on any atom is -0.501 e. The zero-order chi connectivity index (χ0) is 27.2. The van der Waals surface area contributed by atoms with Crippen molar-refractivity contribution in [1.29, 1.82) is 0 Å². The maximum absolute atomic E-state index is 14.1. The second-order valence-corrected chi connectivity index (χ2v) is 10.7. The van der Waals surface area contributed by atoms with Gasteiger partial charge in [-0.05, 0) is 69.9 Å². The number of carbonyl (C=O) groups excluding carboxylic acids is 1. The maximum Gasteiger partial charge on any atom is 0.155 e. The van der Waals surface area contributed by atoms with Gasteiger partial charge in [0.25, 0.3) is 0 Å². The summed E-state index contributed by atoms with van der Waals surface area (Å²) >= 11 is 6.57. The molecule has 1 aliphatic rings. The number of benzene rings is 1. The Hall–Kier alpha value is -2.08. The predicted octanol–water partition coefficient (Wildman–Crippen LogP) is 6.51. The van der Waals surface area contributed by atoms with Gasteiger partial charge in [-0.15, -0.1) is 0 Å². The highest BCUT2D eigenvalue weighted by Crippen LogP contribution is 2.48. The number of likely N-dealkylation sites (tertiary alicyclic amines) is 1. The van der Waals surface area contributed by atoms with Crippen LogP contribution in [-0.4, -0.2) is 62.1 Å². The van der Waals surface area contributed by atoms with E-state index in [0.717, 1.165) is 41.0 Å². The van der Waals surface area contributed by atoms with E-state index in [1.807, 2.05) is 70.1 Å². The summed E-state index contributed by atoms with van der Waals surface area (Å²) in [7, 11) is 5.67. The van der Waals surface area contributed by atoms with E-state index in [-0.39, 0.29) is 23.8 Å². The summed E-state index contributed by atoms with van der Waals surface area (Å²) in [5.41, 5.74) is 2.95. The van der Waals surface area contributed by atoms with Crippen LogP contribution in [-0.2, 0) is 19.8 Å². The summed E-state index contributed by atoms with van der Waals surface area (Å²) in [5, 5.41) is 0.599. The molecule has 1 fully saturated rings. The molecule has 36 heavy (non-hydrogen) atoms. The highest BCUT2D eigenvalue weighted by Gasteiger charge is 2.56. The van der Waals surface area contributed by atoms with E-state index in [1.165, 1.54) is 0 Å². The topological polar surface area (TPSA) is 42.0 Å². The lowest BCUT2D eigenvalue weighted by molar-refractivity contribution is -0.135. The predicted molar refractivity (Wildman–Crippen MR) is 150 cm³/mol. The summed E-state index contributed by atoms with van der Waals surface area (Å²) in [6, 6.07) is 5.72. The molecular weight excluding hydrogens is 472 g/mol. The molecule has 0 spiro atoms. The molecule has 0 bridgehead atoms. The fourth-order valence-electron chi connectivity index (χ4n) is 5.39. The molecular formula is C30H45ClN2O3. The summed E-state index contributed by atoms with van der Waals surface area (Å²) in [4.78, 5) is 18.4. The minimum absolute atomic E-state index is 0.00942. The van der Waals surface area contributed by atoms with Crippen molar-refractivity contribution in [3.63, 3.8) is 0 Å². The smallest absolute Gasteiger partial charge is 0.155 e. The van der Waals surface area contributed by atoms with E-state index in [4.69, 9.17) is 21.1 Å². The van der Waals surface area contributed by atoms with Crippen LogP contribution in [0.5, 0.6) is 0 Å². The molecule has 0 radical (unpaired) electrons. The SMILES string of the molecule is C=C(C1C[C@@H](OCCC)CN1C(C(C)=O)(c1cc(Cl)ccc1C)C(C)/C(=C\C=C(C)C)OC)N(C)C. The second-order valence-electron chi connectivity index (χ2n) is 10.3. The van der Waals surface area contributed by atoms with Gasteiger partial charge in [-0.1, -0.05) is 49.7 Å². The Bertz CT molecular complexity index is 996. The van der Waals surface area contributed by atoms with E-state index >= 15 is 0 Å². The standard InChI is InChI=1S/C30H45ClN2O3/c1-11-16-36-26-18-28(23(6)32(8)9)33(19-26)30(24(7)34,27-17-25(31)14-13-21(27)4)22(5)29(35-10)15-12-20(2)3/h12-15,17,22,26,28H,6,11,16,18-19H2,1-5,7-10H3/b29-15+/t22?,26-,28?,30?/m1/s1. The zero-order valence-corrected chi connectivity index (χ0v) is 24.4. The molecule has 0 amide bonds. The Morgan fingerprint density at radius 2 is 1.97 bits per heavy atom. The average molecular weight is 517 g/mol. The van der Waals surface area contributed by atoms with Crippen molar-refractivity contribution in [1.82, 2.24) is 9.80 Å². The van der Waals surface area contributed by atoms with Crippen LogP contribution in [0, 0.1) is 12.8 Å². The fourth-order valence-corrected chi connectivity index (χ4v) is 5.56. The first-order chi connectivity index (χ1) is 16.9. The van der Waals surface area contributed by atoms with E-state index in [2.05, 4.69) is 25.3 Å². The molecule has 1 aliphatic heterocycles. The monoisotopic (exact) mass is 516 g/mol. The van der Waals surface area contributed by atoms with Crippen LogP contribution < -0.4 is 0 Å². The molecule has 1 aromatic carbocycles. The number of Topliss-reactive ketones (excluding diaryl/α,β-unsaturated/α-hetero) is 1. The van der Waals surface area contributed by atoms with Gasteiger partial charge in [-0.3, -0.25) is 9.69 Å². The van der Waals surface area contributed by atoms with Gasteiger partial charge in [0.2, 0.25) is 0 Å². The third kappa shape index (κ3) is 6.24. The number of nitrogens with zero attached hydrogens (tertiary/aromatic N) is 2. The number of ketones is 1. The molecule has 6 heteroatoms. The highest BCUT2D eigenvalue weighted by molar-refractivity contribution is 6.30. The van der Waals surface area contributed by atoms with Crippen molar-refractivity contribution in [2.45, 2.75) is 72.1 Å². The molecule has 0 aromatic heterocycles. The van der Waals surface area contributed by atoms with Crippen LogP contribution in [0.15, 0.2) is 54.0 Å². The van der Waals surface area contributed by atoms with Gasteiger partial charge in [0, 0.05) is 43.9 Å². The first kappa shape index (κ1) is 30.1. The van der Waals surface area contributed by atoms with Crippen molar-refractivity contribution in [3.05, 3.63) is 70.1 Å². The number of aryl methyl sites for hydroxylation is 1. The summed E-state index contributed by atoms with van der Waals surface area (Å²) in [6.45, 7) is 17.7. The van der Waals surface area contributed by atoms with E-state index < -0.39 is 5.54 Å². The number of hydrogen-bond acceptors (Lipinski definition) is 5. The van der Waals surface area contributed by atoms with Crippen molar-refractivity contribution >= 4 is 17.4 Å². The zero-order valence-electron chi connectivity index (χ0n) is 23.7. The van der Waals surface area contributed by atoms with E-state index in [0.29, 0.717) is 18.2 Å². The molecule has 3 unspecified atom stereocenters. The van der Waals surface area contributed by atoms with Gasteiger partial charge in [-0.25, -0.2) is 0 Å². The average Bonchev–Trinajstić information content (AvgIpc) is 3.23. The van der Waals surface area contributed by atoms with Crippen LogP contribution in [0.25, 0.3) is 0 Å². The number of hydrogen-bond donors (Lipinski definition) is 0. The molecule has 1 saturated heterocycles. The number of likely N-dealkylation sites (N-methyl/N-ethyl adjacent to an activating group) is 1. The normalized spacial score (nSPS) is 21.0. The third-order valence-corrected chi connectivity index (χ3v) is 7.48. The number of halogens is 1. The second kappa shape index (κ2) is 12.9. The van der Waals surface area contributed by atoms with Gasteiger partial charge in [0.1, 0.15) is 11.3 Å². The van der Waals surface area contributed by atoms with Crippen molar-refractivity contribution in [3.8, 4) is 0 Å². The molecule has 200 valence electrons. The van der Waals surface area contributed by atoms with Crippen LogP contribution >= 0.6 is 11.6 Å². The van der Waals surface area contributed by atoms with Crippen molar-refractivity contribution in [2.24, 2.45) is 5.92 Å². The van der Waals surface area contributed by atoms with Crippen LogP contribution in [0.1, 0.15) is 58.6 Å². The first-order valence-electron chi connectivity index (χ1n) is 12.8. The van der Waals surface area contributed by atoms with Crippen LogP contribution in [0.3, 0.4) is 0 Å². The Kier molecular flexibility index (Phi) is 10.8. The number of rotatable bonds is 12. The molecule has 0 aliphatic carbocycles. The lowest BCUT2D eigenvalue weighted by Crippen LogP contribution is -2.59. The quantitative estimate of drug-likeness (QED) is 0.234. The largest absolute Gasteiger partial charge is 0.501 e. The molecule has 1 aromatic rings. The molecule has 2 rings (SSSR count). The fraction of sp³-hybridized carbons (Fsp3) is 0.567. The molecule has 1 heterocycles. The van der Waals surface area contributed by atoms with Gasteiger partial charge >= 0.3 is 0 Å². The number of allylic oxidation sites excluding steroid dienone is 3. The molecule has 4 atom stereocenters. The summed E-state index contributed by atoms with van der Waals surface area (Å²) < 4.78 is 12.2. The number of methoxy groups -OCH3 is 1. The molecule has 0 N–H and O–H groups in total. The summed E-state index contributed by atoms with van der Waals surface area (Å²) in [6.07, 6.45) is 5.70. The number of carbonyl (C=O) groups is 1. The van der Waals surface area contributed by atoms with Crippen LogP contribution in [0.2, 0.25) is 5.02 Å². The Balaban J connectivity index is 2.89. The van der Waals surface area contributed by atoms with Gasteiger partial charge in [0.15, 0.2) is 5.78 Å². The number of ether oxygens (including phenoxy) is 2. The minimum atomic E-state index is -1.04. The van der Waals surface area contributed by atoms with Crippen molar-refractivity contribution in [2.75, 3.05) is 34.4 Å². The Morgan fingerprint density at radius 1 is 1.31 bits per heavy atom. The summed E-state index contributed by atoms with van der Waals surface area (Å²) in [5.74, 6) is 0.460. The van der Waals surface area contributed by atoms with Gasteiger partial charge in [0.05, 0.1) is 19.3 Å². The molecule has 5 nitrogen and oxygen atoms in total. The molecule has 0 saturated carbocycles. The lowest BCUT2D eigenvalue weighted by atomic mass is 9.71. The Morgan fingerprint density at radius 3 is 2.50 bits per heavy atom. The van der Waals surface area contributed by atoms with E-state index in [1.54, 1.807) is 14.0 Å². The first-order valence-corrected chi connectivity index (χ1v) is 13.2.